The summed E-state index contributed by atoms with van der Waals surface area (Å²) in [6.45, 7) is 3.48. The summed E-state index contributed by atoms with van der Waals surface area (Å²) in [6.07, 6.45) is 6.52. The van der Waals surface area contributed by atoms with E-state index >= 15 is 0 Å². The molecule has 0 aromatic rings. The zero-order valence-electron chi connectivity index (χ0n) is 4.33. The van der Waals surface area contributed by atoms with Crippen LogP contribution in [0, 0.1) is 0 Å². The van der Waals surface area contributed by atoms with Gasteiger partial charge >= 0.3 is 0 Å². The van der Waals surface area contributed by atoms with Gasteiger partial charge < -0.3 is 0 Å². The predicted molar refractivity (Wildman–Crippen MR) is 29.6 cm³/mol. The van der Waals surface area contributed by atoms with Crippen molar-refractivity contribution < 1.29 is 9.78 Å². The number of hydrogen-bond donors (Lipinski definition) is 0. The SMILES string of the molecule is C=CC1=CC=COO1. The maximum atomic E-state index is 4.58. The maximum Gasteiger partial charge on any atom is 0.178 e. The van der Waals surface area contributed by atoms with E-state index in [1.54, 1.807) is 18.2 Å². The van der Waals surface area contributed by atoms with E-state index in [-0.39, 0.29) is 0 Å². The first kappa shape index (κ1) is 4.97. The molecule has 2 heteroatoms. The summed E-state index contributed by atoms with van der Waals surface area (Å²) in [4.78, 5) is 9.04. The van der Waals surface area contributed by atoms with Gasteiger partial charge in [-0.2, -0.15) is 0 Å². The van der Waals surface area contributed by atoms with Gasteiger partial charge in [-0.15, -0.1) is 0 Å². The first-order valence-corrected chi connectivity index (χ1v) is 2.26. The van der Waals surface area contributed by atoms with Crippen LogP contribution in [0.3, 0.4) is 0 Å². The van der Waals surface area contributed by atoms with Crippen LogP contribution in [0.25, 0.3) is 0 Å². The fourth-order valence-electron chi connectivity index (χ4n) is 0.379. The normalized spacial score (nSPS) is 15.8. The molecule has 1 aliphatic heterocycles. The minimum Gasteiger partial charge on any atom is -0.298 e. The standard InChI is InChI=1S/C6H6O2/c1-2-6-4-3-5-7-8-6/h2-5H,1H2. The molecule has 42 valence electrons. The molecule has 0 saturated carbocycles. The summed E-state index contributed by atoms with van der Waals surface area (Å²) in [6, 6.07) is 0. The Kier molecular flexibility index (Phi) is 1.37. The van der Waals surface area contributed by atoms with Gasteiger partial charge in [0.1, 0.15) is 6.26 Å². The van der Waals surface area contributed by atoms with E-state index in [4.69, 9.17) is 0 Å². The highest BCUT2D eigenvalue weighted by Gasteiger charge is 1.92. The van der Waals surface area contributed by atoms with Crippen LogP contribution < -0.4 is 0 Å². The second-order valence-electron chi connectivity index (χ2n) is 1.28. The molecule has 0 fully saturated rings. The van der Waals surface area contributed by atoms with Gasteiger partial charge in [-0.1, -0.05) is 6.58 Å². The van der Waals surface area contributed by atoms with Crippen LogP contribution in [0.15, 0.2) is 36.8 Å². The lowest BCUT2D eigenvalue weighted by molar-refractivity contribution is -0.209. The molecule has 0 spiro atoms. The van der Waals surface area contributed by atoms with Crippen LogP contribution in [0.5, 0.6) is 0 Å². The molecule has 0 N–H and O–H groups in total. The Morgan fingerprint density at radius 3 is 2.88 bits per heavy atom. The Bertz CT molecular complexity index is 145. The van der Waals surface area contributed by atoms with Crippen molar-refractivity contribution >= 4 is 0 Å². The molecule has 0 bridgehead atoms. The monoisotopic (exact) mass is 110 g/mol. The van der Waals surface area contributed by atoms with Crippen molar-refractivity contribution in [2.24, 2.45) is 0 Å². The topological polar surface area (TPSA) is 18.5 Å². The molecule has 0 radical (unpaired) electrons. The summed E-state index contributed by atoms with van der Waals surface area (Å²) < 4.78 is 0. The average molecular weight is 110 g/mol. The van der Waals surface area contributed by atoms with Gasteiger partial charge in [0.15, 0.2) is 5.76 Å². The van der Waals surface area contributed by atoms with E-state index in [0.717, 1.165) is 0 Å². The molecule has 0 aromatic carbocycles. The van der Waals surface area contributed by atoms with Crippen LogP contribution in [-0.2, 0) is 9.78 Å². The highest BCUT2D eigenvalue weighted by molar-refractivity contribution is 5.16. The van der Waals surface area contributed by atoms with Gasteiger partial charge in [-0.25, -0.2) is 0 Å². The summed E-state index contributed by atoms with van der Waals surface area (Å²) in [5.41, 5.74) is 0. The van der Waals surface area contributed by atoms with Crippen molar-refractivity contribution in [2.45, 2.75) is 0 Å². The first-order valence-electron chi connectivity index (χ1n) is 2.26. The molecule has 0 atom stereocenters. The van der Waals surface area contributed by atoms with Crippen molar-refractivity contribution in [3.05, 3.63) is 36.8 Å². The van der Waals surface area contributed by atoms with Crippen LogP contribution >= 0.6 is 0 Å². The van der Waals surface area contributed by atoms with E-state index < -0.39 is 0 Å². The molecule has 0 aliphatic carbocycles. The van der Waals surface area contributed by atoms with Gasteiger partial charge in [0.2, 0.25) is 0 Å². The Hall–Kier alpha value is -1.18. The third-order valence-electron chi connectivity index (χ3n) is 0.740. The lowest BCUT2D eigenvalue weighted by Crippen LogP contribution is -1.89. The zero-order chi connectivity index (χ0) is 5.82. The first-order chi connectivity index (χ1) is 3.93. The molecule has 1 aliphatic rings. The third kappa shape index (κ3) is 0.904. The third-order valence-corrected chi connectivity index (χ3v) is 0.740. The Morgan fingerprint density at radius 2 is 2.50 bits per heavy atom. The second kappa shape index (κ2) is 2.21. The highest BCUT2D eigenvalue weighted by atomic mass is 17.2. The van der Waals surface area contributed by atoms with Crippen LogP contribution in [-0.4, -0.2) is 0 Å². The molecule has 0 amide bonds. The van der Waals surface area contributed by atoms with Crippen molar-refractivity contribution in [2.75, 3.05) is 0 Å². The summed E-state index contributed by atoms with van der Waals surface area (Å²) in [5.74, 6) is 0.632. The molecule has 0 aromatic heterocycles. The van der Waals surface area contributed by atoms with E-state index in [1.807, 2.05) is 0 Å². The zero-order valence-corrected chi connectivity index (χ0v) is 4.33. The van der Waals surface area contributed by atoms with Gasteiger partial charge in [0, 0.05) is 0 Å². The van der Waals surface area contributed by atoms with Crippen LogP contribution in [0.1, 0.15) is 0 Å². The van der Waals surface area contributed by atoms with Gasteiger partial charge in [0.05, 0.1) is 0 Å². The smallest absolute Gasteiger partial charge is 0.178 e. The highest BCUT2D eigenvalue weighted by Crippen LogP contribution is 2.04. The summed E-state index contributed by atoms with van der Waals surface area (Å²) in [7, 11) is 0. The molecule has 1 rings (SSSR count). The second-order valence-corrected chi connectivity index (χ2v) is 1.28. The summed E-state index contributed by atoms with van der Waals surface area (Å²) >= 11 is 0. The number of allylic oxidation sites excluding steroid dienone is 3. The molecule has 2 nitrogen and oxygen atoms in total. The van der Waals surface area contributed by atoms with Crippen molar-refractivity contribution in [3.63, 3.8) is 0 Å². The lowest BCUT2D eigenvalue weighted by Gasteiger charge is -2.03. The van der Waals surface area contributed by atoms with Crippen LogP contribution in [0.2, 0.25) is 0 Å². The average Bonchev–Trinajstić information content (AvgIpc) is 1.90. The number of hydrogen-bond acceptors (Lipinski definition) is 2. The molecular weight excluding hydrogens is 104 g/mol. The Morgan fingerprint density at radius 1 is 1.62 bits per heavy atom. The largest absolute Gasteiger partial charge is 0.298 e. The quantitative estimate of drug-likeness (QED) is 0.476. The minimum atomic E-state index is 0.632. The van der Waals surface area contributed by atoms with Crippen molar-refractivity contribution in [1.29, 1.82) is 0 Å². The fraction of sp³-hybridized carbons (Fsp3) is 0. The molecular formula is C6H6O2. The van der Waals surface area contributed by atoms with E-state index in [0.29, 0.717) is 5.76 Å². The Labute approximate surface area is 47.6 Å². The van der Waals surface area contributed by atoms with Gasteiger partial charge in [-0.3, -0.25) is 9.78 Å². The van der Waals surface area contributed by atoms with E-state index in [1.165, 1.54) is 6.26 Å². The minimum absolute atomic E-state index is 0.632. The Balaban J connectivity index is 2.63. The molecule has 0 unspecified atom stereocenters. The van der Waals surface area contributed by atoms with E-state index in [9.17, 15) is 0 Å². The lowest BCUT2D eigenvalue weighted by atomic mass is 10.4. The molecule has 8 heavy (non-hydrogen) atoms. The van der Waals surface area contributed by atoms with Crippen molar-refractivity contribution in [1.82, 2.24) is 0 Å². The van der Waals surface area contributed by atoms with Gasteiger partial charge in [-0.05, 0) is 18.2 Å². The fourth-order valence-corrected chi connectivity index (χ4v) is 0.379. The molecule has 0 saturated heterocycles. The molecule has 1 heterocycles. The maximum absolute atomic E-state index is 4.58. The predicted octanol–water partition coefficient (Wildman–Crippen LogP) is 1.53. The van der Waals surface area contributed by atoms with Crippen molar-refractivity contribution in [3.8, 4) is 0 Å². The van der Waals surface area contributed by atoms with E-state index in [2.05, 4.69) is 16.4 Å². The summed E-state index contributed by atoms with van der Waals surface area (Å²) in [5, 5.41) is 0. The van der Waals surface area contributed by atoms with Crippen LogP contribution in [0.4, 0.5) is 0 Å². The number of rotatable bonds is 1. The van der Waals surface area contributed by atoms with Gasteiger partial charge in [0.25, 0.3) is 0 Å².